The lowest BCUT2D eigenvalue weighted by Crippen LogP contribution is -2.34. The summed E-state index contributed by atoms with van der Waals surface area (Å²) >= 11 is 3.32. The van der Waals surface area contributed by atoms with E-state index in [4.69, 9.17) is 4.74 Å². The van der Waals surface area contributed by atoms with Gasteiger partial charge in [-0.2, -0.15) is 0 Å². The molecule has 24 heavy (non-hydrogen) atoms. The van der Waals surface area contributed by atoms with Gasteiger partial charge in [-0.15, -0.1) is 0 Å². The number of ether oxygens (including phenoxy) is 1. The normalized spacial score (nSPS) is 10.1. The largest absolute Gasteiger partial charge is 0.494 e. The molecule has 2 amide bonds. The topological polar surface area (TPSA) is 67.4 Å². The highest BCUT2D eigenvalue weighted by molar-refractivity contribution is 9.10. The zero-order valence-electron chi connectivity index (χ0n) is 13.3. The molecule has 2 aromatic rings. The second kappa shape index (κ2) is 9.08. The van der Waals surface area contributed by atoms with Gasteiger partial charge < -0.3 is 15.4 Å². The number of carbonyl (C=O) groups excluding carboxylic acids is 2. The lowest BCUT2D eigenvalue weighted by Gasteiger charge is -2.08. The molecule has 5 nitrogen and oxygen atoms in total. The van der Waals surface area contributed by atoms with Gasteiger partial charge in [-0.25, -0.2) is 0 Å². The molecule has 2 aromatic carbocycles. The van der Waals surface area contributed by atoms with Crippen LogP contribution in [0.3, 0.4) is 0 Å². The van der Waals surface area contributed by atoms with Crippen LogP contribution >= 0.6 is 15.9 Å². The van der Waals surface area contributed by atoms with E-state index in [1.54, 1.807) is 36.4 Å². The van der Waals surface area contributed by atoms with E-state index in [1.807, 2.05) is 19.1 Å². The van der Waals surface area contributed by atoms with Crippen molar-refractivity contribution in [2.45, 2.75) is 6.92 Å². The smallest absolute Gasteiger partial charge is 0.251 e. The molecule has 0 bridgehead atoms. The molecule has 0 atom stereocenters. The van der Waals surface area contributed by atoms with Gasteiger partial charge in [0.15, 0.2) is 0 Å². The fraction of sp³-hybridized carbons (Fsp3) is 0.222. The standard InChI is InChI=1S/C18H19BrN2O3/c1-2-24-16-9-5-14(6-10-16)18(23)21-12-11-20-17(22)13-3-7-15(19)8-4-13/h3-10H,2,11-12H2,1H3,(H,20,22)(H,21,23). The van der Waals surface area contributed by atoms with Gasteiger partial charge in [0.25, 0.3) is 11.8 Å². The summed E-state index contributed by atoms with van der Waals surface area (Å²) in [5.41, 5.74) is 1.13. The summed E-state index contributed by atoms with van der Waals surface area (Å²) in [5.74, 6) is 0.379. The number of amides is 2. The van der Waals surface area contributed by atoms with Gasteiger partial charge >= 0.3 is 0 Å². The number of halogens is 1. The monoisotopic (exact) mass is 390 g/mol. The van der Waals surface area contributed by atoms with Crippen molar-refractivity contribution in [3.05, 3.63) is 64.1 Å². The van der Waals surface area contributed by atoms with E-state index in [2.05, 4.69) is 26.6 Å². The molecule has 0 unspecified atom stereocenters. The van der Waals surface area contributed by atoms with E-state index in [0.717, 1.165) is 10.2 Å². The van der Waals surface area contributed by atoms with Crippen LogP contribution in [0.25, 0.3) is 0 Å². The van der Waals surface area contributed by atoms with Gasteiger partial charge in [-0.1, -0.05) is 15.9 Å². The molecule has 126 valence electrons. The second-order valence-electron chi connectivity index (χ2n) is 4.98. The van der Waals surface area contributed by atoms with E-state index < -0.39 is 0 Å². The van der Waals surface area contributed by atoms with E-state index in [-0.39, 0.29) is 11.8 Å². The minimum absolute atomic E-state index is 0.169. The molecule has 2 N–H and O–H groups in total. The predicted octanol–water partition coefficient (Wildman–Crippen LogP) is 3.01. The Labute approximate surface area is 149 Å². The third-order valence-corrected chi connectivity index (χ3v) is 3.76. The van der Waals surface area contributed by atoms with Crippen LogP contribution in [0, 0.1) is 0 Å². The van der Waals surface area contributed by atoms with Crippen LogP contribution in [-0.2, 0) is 0 Å². The van der Waals surface area contributed by atoms with Crippen LogP contribution in [0.4, 0.5) is 0 Å². The molecule has 0 heterocycles. The molecule has 2 rings (SSSR count). The first kappa shape index (κ1) is 18.0. The van der Waals surface area contributed by atoms with Gasteiger partial charge in [0.1, 0.15) is 5.75 Å². The zero-order chi connectivity index (χ0) is 17.4. The third kappa shape index (κ3) is 5.38. The van der Waals surface area contributed by atoms with Gasteiger partial charge in [0.2, 0.25) is 0 Å². The molecular weight excluding hydrogens is 372 g/mol. The number of benzene rings is 2. The molecule has 0 aliphatic heterocycles. The Hall–Kier alpha value is -2.34. The van der Waals surface area contributed by atoms with Gasteiger partial charge in [-0.05, 0) is 55.5 Å². The fourth-order valence-corrected chi connectivity index (χ4v) is 2.29. The molecular formula is C18H19BrN2O3. The summed E-state index contributed by atoms with van der Waals surface area (Å²) in [7, 11) is 0. The van der Waals surface area contributed by atoms with Crippen molar-refractivity contribution in [2.75, 3.05) is 19.7 Å². The van der Waals surface area contributed by atoms with Crippen molar-refractivity contribution < 1.29 is 14.3 Å². The predicted molar refractivity (Wildman–Crippen MR) is 96.4 cm³/mol. The molecule has 0 aliphatic rings. The first-order valence-electron chi connectivity index (χ1n) is 7.65. The summed E-state index contributed by atoms with van der Waals surface area (Å²) in [6, 6.07) is 14.0. The minimum Gasteiger partial charge on any atom is -0.494 e. The summed E-state index contributed by atoms with van der Waals surface area (Å²) in [4.78, 5) is 23.9. The summed E-state index contributed by atoms with van der Waals surface area (Å²) < 4.78 is 6.25. The Kier molecular flexibility index (Phi) is 6.81. The zero-order valence-corrected chi connectivity index (χ0v) is 14.9. The van der Waals surface area contributed by atoms with E-state index in [0.29, 0.717) is 30.8 Å². The van der Waals surface area contributed by atoms with Crippen LogP contribution in [0.2, 0.25) is 0 Å². The highest BCUT2D eigenvalue weighted by atomic mass is 79.9. The molecule has 0 saturated heterocycles. The number of hydrogen-bond acceptors (Lipinski definition) is 3. The van der Waals surface area contributed by atoms with E-state index >= 15 is 0 Å². The third-order valence-electron chi connectivity index (χ3n) is 3.23. The van der Waals surface area contributed by atoms with Crippen molar-refractivity contribution in [1.82, 2.24) is 10.6 Å². The van der Waals surface area contributed by atoms with Crippen LogP contribution in [0.5, 0.6) is 5.75 Å². The van der Waals surface area contributed by atoms with Crippen LogP contribution in [-0.4, -0.2) is 31.5 Å². The number of hydrogen-bond donors (Lipinski definition) is 2. The first-order chi connectivity index (χ1) is 11.6. The van der Waals surface area contributed by atoms with Crippen molar-refractivity contribution in [1.29, 1.82) is 0 Å². The van der Waals surface area contributed by atoms with Gasteiger partial charge in [-0.3, -0.25) is 9.59 Å². The quantitative estimate of drug-likeness (QED) is 0.714. The van der Waals surface area contributed by atoms with Crippen molar-refractivity contribution >= 4 is 27.7 Å². The van der Waals surface area contributed by atoms with Crippen molar-refractivity contribution in [3.8, 4) is 5.75 Å². The summed E-state index contributed by atoms with van der Waals surface area (Å²) in [5, 5.41) is 5.53. The van der Waals surface area contributed by atoms with Crippen LogP contribution in [0.1, 0.15) is 27.6 Å². The van der Waals surface area contributed by atoms with Crippen molar-refractivity contribution in [3.63, 3.8) is 0 Å². The molecule has 0 spiro atoms. The average molecular weight is 391 g/mol. The highest BCUT2D eigenvalue weighted by Gasteiger charge is 2.07. The maximum absolute atomic E-state index is 12.0. The molecule has 0 aromatic heterocycles. The Balaban J connectivity index is 1.74. The number of carbonyl (C=O) groups is 2. The maximum Gasteiger partial charge on any atom is 0.251 e. The summed E-state index contributed by atoms with van der Waals surface area (Å²) in [6.07, 6.45) is 0. The fourth-order valence-electron chi connectivity index (χ4n) is 2.03. The Bertz CT molecular complexity index is 684. The number of nitrogens with one attached hydrogen (secondary N) is 2. The molecule has 0 radical (unpaired) electrons. The van der Waals surface area contributed by atoms with Gasteiger partial charge in [0, 0.05) is 28.7 Å². The molecule has 6 heteroatoms. The van der Waals surface area contributed by atoms with Crippen LogP contribution < -0.4 is 15.4 Å². The summed E-state index contributed by atoms with van der Waals surface area (Å²) in [6.45, 7) is 3.21. The number of rotatable bonds is 7. The Morgan fingerprint density at radius 3 is 1.79 bits per heavy atom. The molecule has 0 fully saturated rings. The lowest BCUT2D eigenvalue weighted by molar-refractivity contribution is 0.0927. The SMILES string of the molecule is CCOc1ccc(C(=O)NCCNC(=O)c2ccc(Br)cc2)cc1. The van der Waals surface area contributed by atoms with E-state index in [1.165, 1.54) is 0 Å². The lowest BCUT2D eigenvalue weighted by atomic mass is 10.2. The highest BCUT2D eigenvalue weighted by Crippen LogP contribution is 2.12. The Morgan fingerprint density at radius 1 is 0.875 bits per heavy atom. The second-order valence-corrected chi connectivity index (χ2v) is 5.89. The van der Waals surface area contributed by atoms with Crippen molar-refractivity contribution in [2.24, 2.45) is 0 Å². The van der Waals surface area contributed by atoms with Gasteiger partial charge in [0.05, 0.1) is 6.61 Å². The molecule has 0 aliphatic carbocycles. The molecule has 0 saturated carbocycles. The van der Waals surface area contributed by atoms with Crippen LogP contribution in [0.15, 0.2) is 53.0 Å². The first-order valence-corrected chi connectivity index (χ1v) is 8.44. The maximum atomic E-state index is 12.0. The Morgan fingerprint density at radius 2 is 1.33 bits per heavy atom. The average Bonchev–Trinajstić information content (AvgIpc) is 2.60. The van der Waals surface area contributed by atoms with E-state index in [9.17, 15) is 9.59 Å². The minimum atomic E-state index is -0.184.